The van der Waals surface area contributed by atoms with E-state index in [4.69, 9.17) is 10.5 Å². The average Bonchev–Trinajstić information content (AvgIpc) is 2.71. The normalized spacial score (nSPS) is 11.9. The molecule has 1 aromatic heterocycles. The Bertz CT molecular complexity index is 904. The molecule has 2 aromatic rings. The van der Waals surface area contributed by atoms with E-state index in [0.29, 0.717) is 18.5 Å². The first-order valence-electron chi connectivity index (χ1n) is 10.4. The van der Waals surface area contributed by atoms with Crippen LogP contribution < -0.4 is 10.5 Å². The van der Waals surface area contributed by atoms with E-state index in [1.165, 1.54) is 35.5 Å². The van der Waals surface area contributed by atoms with Gasteiger partial charge in [-0.1, -0.05) is 27.2 Å². The van der Waals surface area contributed by atoms with Crippen molar-refractivity contribution >= 4 is 12.0 Å². The number of benzene rings is 1. The van der Waals surface area contributed by atoms with E-state index in [1.807, 2.05) is 20.8 Å². The number of rotatable bonds is 11. The van der Waals surface area contributed by atoms with Crippen LogP contribution in [-0.2, 0) is 0 Å². The number of hydrogen-bond donors (Lipinski definition) is 2. The molecule has 2 rings (SSSR count). The van der Waals surface area contributed by atoms with Crippen molar-refractivity contribution in [3.05, 3.63) is 48.0 Å². The Hall–Kier alpha value is -3.16. The molecule has 7 nitrogen and oxygen atoms in total. The van der Waals surface area contributed by atoms with Crippen LogP contribution >= 0.6 is 0 Å². The van der Waals surface area contributed by atoms with Gasteiger partial charge in [0.15, 0.2) is 0 Å². The number of pyridine rings is 1. The summed E-state index contributed by atoms with van der Waals surface area (Å²) in [6.45, 7) is 6.59. The van der Waals surface area contributed by atoms with Gasteiger partial charge in [-0.05, 0) is 37.0 Å². The van der Waals surface area contributed by atoms with Gasteiger partial charge < -0.3 is 20.5 Å². The molecule has 0 spiro atoms. The summed E-state index contributed by atoms with van der Waals surface area (Å²) < 4.78 is 20.6. The molecule has 0 fully saturated rings. The molecule has 8 heteroatoms. The number of nitrogens with two attached hydrogens (primary N) is 1. The van der Waals surface area contributed by atoms with E-state index < -0.39 is 17.8 Å². The second-order valence-corrected chi connectivity index (χ2v) is 7.85. The number of aromatic nitrogens is 1. The monoisotopic (exact) mass is 431 g/mol. The number of halogens is 1. The van der Waals surface area contributed by atoms with Crippen LogP contribution in [0.15, 0.2) is 36.7 Å². The molecule has 1 atom stereocenters. The molecule has 168 valence electrons. The highest BCUT2D eigenvalue weighted by molar-refractivity contribution is 5.99. The van der Waals surface area contributed by atoms with Crippen molar-refractivity contribution in [3.63, 3.8) is 0 Å². The molecule has 0 aliphatic heterocycles. The molecule has 31 heavy (non-hydrogen) atoms. The number of carbonyl (C=O) groups excluding carboxylic acids is 1. The number of primary amides is 1. The Morgan fingerprint density at radius 1 is 1.26 bits per heavy atom. The molecular formula is C23H30FN3O4. The summed E-state index contributed by atoms with van der Waals surface area (Å²) in [7, 11) is 0. The second-order valence-electron chi connectivity index (χ2n) is 7.85. The van der Waals surface area contributed by atoms with Gasteiger partial charge in [-0.25, -0.2) is 9.18 Å². The van der Waals surface area contributed by atoms with Crippen molar-refractivity contribution in [1.29, 1.82) is 0 Å². The van der Waals surface area contributed by atoms with Crippen molar-refractivity contribution in [2.24, 2.45) is 11.7 Å². The van der Waals surface area contributed by atoms with Crippen LogP contribution in [0.5, 0.6) is 5.75 Å². The second kappa shape index (κ2) is 11.3. The molecule has 3 N–H and O–H groups in total. The highest BCUT2D eigenvalue weighted by Gasteiger charge is 2.24. The number of carboxylic acid groups (broad SMARTS) is 1. The smallest absolute Gasteiger partial charge is 0.407 e. The van der Waals surface area contributed by atoms with Gasteiger partial charge in [-0.3, -0.25) is 9.78 Å². The van der Waals surface area contributed by atoms with Crippen molar-refractivity contribution in [1.82, 2.24) is 9.88 Å². The maximum Gasteiger partial charge on any atom is 0.407 e. The van der Waals surface area contributed by atoms with E-state index in [-0.39, 0.29) is 35.4 Å². The average molecular weight is 432 g/mol. The zero-order chi connectivity index (χ0) is 23.0. The highest BCUT2D eigenvalue weighted by atomic mass is 19.1. The summed E-state index contributed by atoms with van der Waals surface area (Å²) in [5.74, 6) is -0.714. The fourth-order valence-corrected chi connectivity index (χ4v) is 3.41. The van der Waals surface area contributed by atoms with E-state index in [2.05, 4.69) is 4.98 Å². The first kappa shape index (κ1) is 24.1. The largest absolute Gasteiger partial charge is 0.491 e. The van der Waals surface area contributed by atoms with Crippen LogP contribution in [0.3, 0.4) is 0 Å². The lowest BCUT2D eigenvalue weighted by Crippen LogP contribution is -2.44. The summed E-state index contributed by atoms with van der Waals surface area (Å²) in [5, 5.41) is 9.63. The zero-order valence-electron chi connectivity index (χ0n) is 18.2. The van der Waals surface area contributed by atoms with Gasteiger partial charge in [0, 0.05) is 36.1 Å². The van der Waals surface area contributed by atoms with Gasteiger partial charge in [0.25, 0.3) is 5.91 Å². The lowest BCUT2D eigenvalue weighted by Gasteiger charge is -2.30. The Balaban J connectivity index is 2.21. The lowest BCUT2D eigenvalue weighted by atomic mass is 10.0. The van der Waals surface area contributed by atoms with Crippen LogP contribution in [0.25, 0.3) is 11.1 Å². The summed E-state index contributed by atoms with van der Waals surface area (Å²) in [4.78, 5) is 28.6. The predicted octanol–water partition coefficient (Wildman–Crippen LogP) is 4.56. The Kier molecular flexibility index (Phi) is 8.78. The Morgan fingerprint density at radius 3 is 2.58 bits per heavy atom. The summed E-state index contributed by atoms with van der Waals surface area (Å²) in [6, 6.07) is 5.51. The molecule has 1 heterocycles. The van der Waals surface area contributed by atoms with E-state index in [9.17, 15) is 19.1 Å². The topological polar surface area (TPSA) is 106 Å². The molecule has 0 saturated heterocycles. The third kappa shape index (κ3) is 6.67. The minimum atomic E-state index is -0.985. The minimum absolute atomic E-state index is 0.120. The van der Waals surface area contributed by atoms with Crippen LogP contribution in [-0.4, -0.2) is 46.2 Å². The van der Waals surface area contributed by atoms with Gasteiger partial charge in [-0.15, -0.1) is 0 Å². The summed E-state index contributed by atoms with van der Waals surface area (Å²) in [6.07, 6.45) is 4.05. The SMILES string of the molecule is CCCCN(C(=O)O)C(COc1ccc(-c2ccncc2C(N)=O)c(F)c1)CC(C)C. The molecule has 0 aliphatic carbocycles. The molecule has 0 radical (unpaired) electrons. The Morgan fingerprint density at radius 2 is 2.00 bits per heavy atom. The quantitative estimate of drug-likeness (QED) is 0.542. The standard InChI is InChI=1S/C23H30FN3O4/c1-4-5-10-27(23(29)30)16(11-15(2)3)14-31-17-6-7-19(21(24)12-17)18-8-9-26-13-20(18)22(25)28/h6-9,12-13,15-16H,4-5,10-11,14H2,1-3H3,(H2,25,28)(H,29,30). The fourth-order valence-electron chi connectivity index (χ4n) is 3.41. The number of hydrogen-bond acceptors (Lipinski definition) is 4. The van der Waals surface area contributed by atoms with Gasteiger partial charge in [0.1, 0.15) is 18.2 Å². The highest BCUT2D eigenvalue weighted by Crippen LogP contribution is 2.29. The number of nitrogens with zero attached hydrogens (tertiary/aromatic N) is 2. The minimum Gasteiger partial charge on any atom is -0.491 e. The van der Waals surface area contributed by atoms with Crippen LogP contribution in [0, 0.1) is 11.7 Å². The maximum atomic E-state index is 14.8. The first-order valence-corrected chi connectivity index (χ1v) is 10.4. The number of amides is 2. The first-order chi connectivity index (χ1) is 14.7. The lowest BCUT2D eigenvalue weighted by molar-refractivity contribution is 0.0934. The molecular weight excluding hydrogens is 401 g/mol. The van der Waals surface area contributed by atoms with E-state index in [0.717, 1.165) is 12.8 Å². The van der Waals surface area contributed by atoms with E-state index in [1.54, 1.807) is 6.07 Å². The Labute approximate surface area is 182 Å². The van der Waals surface area contributed by atoms with Gasteiger partial charge in [-0.2, -0.15) is 0 Å². The van der Waals surface area contributed by atoms with E-state index >= 15 is 0 Å². The zero-order valence-corrected chi connectivity index (χ0v) is 18.2. The summed E-state index contributed by atoms with van der Waals surface area (Å²) in [5.41, 5.74) is 6.04. The van der Waals surface area contributed by atoms with Crippen LogP contribution in [0.1, 0.15) is 50.4 Å². The van der Waals surface area contributed by atoms with Gasteiger partial charge >= 0.3 is 6.09 Å². The number of carbonyl (C=O) groups is 2. The fraction of sp³-hybridized carbons (Fsp3) is 0.435. The molecule has 1 unspecified atom stereocenters. The van der Waals surface area contributed by atoms with Crippen molar-refractivity contribution in [3.8, 4) is 16.9 Å². The number of ether oxygens (including phenoxy) is 1. The molecule has 0 bridgehead atoms. The van der Waals surface area contributed by atoms with Crippen molar-refractivity contribution < 1.29 is 23.8 Å². The summed E-state index contributed by atoms with van der Waals surface area (Å²) >= 11 is 0. The molecule has 1 aromatic carbocycles. The third-order valence-corrected chi connectivity index (χ3v) is 4.94. The predicted molar refractivity (Wildman–Crippen MR) is 117 cm³/mol. The molecule has 0 aliphatic rings. The maximum absolute atomic E-state index is 14.8. The van der Waals surface area contributed by atoms with Crippen LogP contribution in [0.2, 0.25) is 0 Å². The number of unbranched alkanes of at least 4 members (excludes halogenated alkanes) is 1. The molecule has 0 saturated carbocycles. The van der Waals surface area contributed by atoms with Crippen LogP contribution in [0.4, 0.5) is 9.18 Å². The van der Waals surface area contributed by atoms with Gasteiger partial charge in [0.05, 0.1) is 11.6 Å². The van der Waals surface area contributed by atoms with Gasteiger partial charge in [0.2, 0.25) is 0 Å². The van der Waals surface area contributed by atoms with Crippen molar-refractivity contribution in [2.75, 3.05) is 13.2 Å². The molecule has 2 amide bonds. The van der Waals surface area contributed by atoms with Crippen molar-refractivity contribution in [2.45, 2.75) is 46.1 Å². The third-order valence-electron chi connectivity index (χ3n) is 4.94.